The van der Waals surface area contributed by atoms with Gasteiger partial charge in [0, 0.05) is 24.5 Å². The average Bonchev–Trinajstić information content (AvgIpc) is 2.60. The fourth-order valence-corrected chi connectivity index (χ4v) is 1.95. The molecule has 0 aliphatic rings. The number of nitrogen functional groups attached to an aromatic ring is 1. The summed E-state index contributed by atoms with van der Waals surface area (Å²) in [6.07, 6.45) is 0. The Morgan fingerprint density at radius 3 is 2.40 bits per heavy atom. The van der Waals surface area contributed by atoms with Crippen LogP contribution in [0.4, 0.5) is 0 Å². The fraction of sp³-hybridized carbons (Fsp3) is 0.357. The number of Topliss-reactive ketones (excluding diaryl/α,β-unsaturated/α-hetero) is 1. The Bertz CT molecular complexity index is 649. The molecule has 1 aromatic carbocycles. The van der Waals surface area contributed by atoms with Crippen molar-refractivity contribution in [1.82, 2.24) is 9.78 Å². The van der Waals surface area contributed by atoms with Crippen LogP contribution in [0.2, 0.25) is 0 Å². The summed E-state index contributed by atoms with van der Waals surface area (Å²) in [5.41, 5.74) is 3.01. The van der Waals surface area contributed by atoms with Crippen molar-refractivity contribution >= 4 is 5.78 Å². The second kappa shape index (κ2) is 6.17. The zero-order chi connectivity index (χ0) is 14.2. The van der Waals surface area contributed by atoms with E-state index >= 15 is 0 Å². The summed E-state index contributed by atoms with van der Waals surface area (Å²) in [4.78, 5) is 12.2. The van der Waals surface area contributed by atoms with Crippen molar-refractivity contribution in [1.29, 1.82) is 0 Å². The Hall–Kier alpha value is -1.69. The summed E-state index contributed by atoms with van der Waals surface area (Å²) < 4.78 is 3.11. The lowest BCUT2D eigenvalue weighted by Gasteiger charge is -2.03. The molecule has 0 atom stereocenters. The highest BCUT2D eigenvalue weighted by molar-refractivity contribution is 5.96. The van der Waals surface area contributed by atoms with E-state index in [1.807, 2.05) is 45.9 Å². The van der Waals surface area contributed by atoms with Crippen LogP contribution in [0.1, 0.15) is 33.1 Å². The van der Waals surface area contributed by atoms with Gasteiger partial charge in [-0.15, -0.1) is 9.36 Å². The van der Waals surface area contributed by atoms with Crippen molar-refractivity contribution in [2.75, 3.05) is 5.84 Å². The fourth-order valence-electron chi connectivity index (χ4n) is 1.95. The van der Waals surface area contributed by atoms with E-state index in [-0.39, 0.29) is 29.3 Å². The molecular formula is C14H19BrN4O. The highest BCUT2D eigenvalue weighted by Gasteiger charge is 2.20. The van der Waals surface area contributed by atoms with Crippen molar-refractivity contribution in [2.24, 2.45) is 0 Å². The third kappa shape index (κ3) is 3.07. The van der Waals surface area contributed by atoms with Gasteiger partial charge in [-0.2, -0.15) is 0 Å². The molecule has 0 saturated heterocycles. The molecular weight excluding hydrogens is 320 g/mol. The molecule has 0 saturated carbocycles. The molecule has 1 heterocycles. The summed E-state index contributed by atoms with van der Waals surface area (Å²) in [7, 11) is 0. The molecule has 20 heavy (non-hydrogen) atoms. The summed E-state index contributed by atoms with van der Waals surface area (Å²) in [6.45, 7) is 7.89. The third-order valence-electron chi connectivity index (χ3n) is 3.46. The minimum absolute atomic E-state index is 0. The van der Waals surface area contributed by atoms with Gasteiger partial charge >= 0.3 is 0 Å². The number of halogens is 1. The Morgan fingerprint density at radius 2 is 1.90 bits per heavy atom. The maximum Gasteiger partial charge on any atom is 0.295 e. The van der Waals surface area contributed by atoms with E-state index in [0.717, 1.165) is 11.4 Å². The van der Waals surface area contributed by atoms with Crippen LogP contribution in [0.15, 0.2) is 18.2 Å². The van der Waals surface area contributed by atoms with E-state index in [0.29, 0.717) is 11.4 Å². The number of hydrogen-bond donors (Lipinski definition) is 1. The molecule has 108 valence electrons. The van der Waals surface area contributed by atoms with Crippen LogP contribution < -0.4 is 27.5 Å². The number of ketones is 1. The van der Waals surface area contributed by atoms with Crippen LogP contribution in [0, 0.1) is 27.7 Å². The van der Waals surface area contributed by atoms with E-state index in [4.69, 9.17) is 5.84 Å². The predicted molar refractivity (Wildman–Crippen MR) is 72.3 cm³/mol. The molecule has 0 aliphatic heterocycles. The summed E-state index contributed by atoms with van der Waals surface area (Å²) >= 11 is 0. The normalized spacial score (nSPS) is 10.2. The molecule has 2 rings (SSSR count). The Morgan fingerprint density at radius 1 is 1.25 bits per heavy atom. The standard InChI is InChI=1S/C14H19N4O.BrH/c1-9-5-6-13(7-10(9)2)14(19)8-17-12(4)18(15)11(3)16-17;/h5-7H,8,15H2,1-4H3;1H/q+1;/p-1. The van der Waals surface area contributed by atoms with Gasteiger partial charge in [0.25, 0.3) is 11.6 Å². The smallest absolute Gasteiger partial charge is 0.295 e. The van der Waals surface area contributed by atoms with Crippen molar-refractivity contribution in [3.63, 3.8) is 0 Å². The van der Waals surface area contributed by atoms with Crippen molar-refractivity contribution in [3.05, 3.63) is 46.5 Å². The summed E-state index contributed by atoms with van der Waals surface area (Å²) in [6, 6.07) is 5.74. The molecule has 0 spiro atoms. The van der Waals surface area contributed by atoms with Gasteiger partial charge in [-0.25, -0.2) is 0 Å². The second-order valence-electron chi connectivity index (χ2n) is 4.84. The predicted octanol–water partition coefficient (Wildman–Crippen LogP) is -2.00. The minimum atomic E-state index is 0. The first-order valence-electron chi connectivity index (χ1n) is 6.21. The molecule has 2 aromatic rings. The van der Waals surface area contributed by atoms with Gasteiger partial charge in [-0.1, -0.05) is 12.1 Å². The van der Waals surface area contributed by atoms with Crippen LogP contribution in [0.5, 0.6) is 0 Å². The number of carbonyl (C=O) groups excluding carboxylic acids is 1. The van der Waals surface area contributed by atoms with Crippen molar-refractivity contribution in [2.45, 2.75) is 34.2 Å². The van der Waals surface area contributed by atoms with Gasteiger partial charge in [-0.3, -0.25) is 10.6 Å². The third-order valence-corrected chi connectivity index (χ3v) is 3.46. The van der Waals surface area contributed by atoms with Gasteiger partial charge in [0.05, 0.1) is 0 Å². The zero-order valence-electron chi connectivity index (χ0n) is 12.1. The Labute approximate surface area is 129 Å². The second-order valence-corrected chi connectivity index (χ2v) is 4.84. The van der Waals surface area contributed by atoms with Gasteiger partial charge < -0.3 is 17.0 Å². The van der Waals surface area contributed by atoms with E-state index in [1.54, 1.807) is 4.68 Å². The van der Waals surface area contributed by atoms with Crippen molar-refractivity contribution < 1.29 is 26.5 Å². The molecule has 0 unspecified atom stereocenters. The van der Waals surface area contributed by atoms with E-state index < -0.39 is 0 Å². The van der Waals surface area contributed by atoms with Gasteiger partial charge in [0.2, 0.25) is 0 Å². The van der Waals surface area contributed by atoms with E-state index in [9.17, 15) is 4.79 Å². The van der Waals surface area contributed by atoms with E-state index in [2.05, 4.69) is 5.10 Å². The monoisotopic (exact) mass is 338 g/mol. The molecule has 2 N–H and O–H groups in total. The number of rotatable bonds is 3. The molecule has 0 aliphatic carbocycles. The lowest BCUT2D eigenvalue weighted by atomic mass is 10.0. The van der Waals surface area contributed by atoms with Crippen LogP contribution in [0.25, 0.3) is 0 Å². The maximum atomic E-state index is 12.2. The number of carbonyl (C=O) groups is 1. The maximum absolute atomic E-state index is 12.2. The quantitative estimate of drug-likeness (QED) is 0.400. The zero-order valence-corrected chi connectivity index (χ0v) is 13.7. The van der Waals surface area contributed by atoms with Crippen LogP contribution in [0.3, 0.4) is 0 Å². The van der Waals surface area contributed by atoms with Gasteiger partial charge in [-0.05, 0) is 31.0 Å². The number of aryl methyl sites for hydroxylation is 3. The van der Waals surface area contributed by atoms with Crippen LogP contribution >= 0.6 is 0 Å². The van der Waals surface area contributed by atoms with Crippen LogP contribution in [-0.2, 0) is 6.54 Å². The summed E-state index contributed by atoms with van der Waals surface area (Å²) in [5.74, 6) is 7.26. The lowest BCUT2D eigenvalue weighted by Crippen LogP contribution is -3.00. The lowest BCUT2D eigenvalue weighted by molar-refractivity contribution is -0.652. The number of hydrogen-bond acceptors (Lipinski definition) is 3. The topological polar surface area (TPSA) is 64.8 Å². The number of aromatic nitrogens is 3. The number of nitrogens with zero attached hydrogens (tertiary/aromatic N) is 3. The molecule has 0 bridgehead atoms. The minimum Gasteiger partial charge on any atom is -1.00 e. The van der Waals surface area contributed by atoms with Gasteiger partial charge in [0.15, 0.2) is 12.3 Å². The first-order valence-corrected chi connectivity index (χ1v) is 6.21. The molecule has 5 nitrogen and oxygen atoms in total. The molecule has 0 radical (unpaired) electrons. The van der Waals surface area contributed by atoms with E-state index in [1.165, 1.54) is 10.2 Å². The van der Waals surface area contributed by atoms with Crippen LogP contribution in [-0.4, -0.2) is 15.6 Å². The largest absolute Gasteiger partial charge is 1.00 e. The van der Waals surface area contributed by atoms with Crippen molar-refractivity contribution in [3.8, 4) is 0 Å². The highest BCUT2D eigenvalue weighted by Crippen LogP contribution is 2.11. The molecule has 0 fully saturated rings. The number of nitrogens with two attached hydrogens (primary N) is 1. The first-order chi connectivity index (χ1) is 8.90. The van der Waals surface area contributed by atoms with Gasteiger partial charge in [0.1, 0.15) is 0 Å². The highest BCUT2D eigenvalue weighted by atomic mass is 79.9. The first kappa shape index (κ1) is 16.4. The Balaban J connectivity index is 0.00000200. The Kier molecular flexibility index (Phi) is 5.05. The molecule has 1 aromatic heterocycles. The SMILES string of the molecule is Cc1ccc(C(=O)Cn2nc(C)[n+](N)c2C)cc1C.[Br-]. The average molecular weight is 339 g/mol. The molecule has 0 amide bonds. The number of benzene rings is 1. The molecule has 6 heteroatoms. The summed E-state index contributed by atoms with van der Waals surface area (Å²) in [5, 5.41) is 4.25.